The van der Waals surface area contributed by atoms with Crippen LogP contribution in [0, 0.1) is 5.92 Å². The van der Waals surface area contributed by atoms with E-state index in [-0.39, 0.29) is 11.9 Å². The number of likely N-dealkylation sites (tertiary alicyclic amines) is 1. The lowest BCUT2D eigenvalue weighted by atomic mass is 9.93. The summed E-state index contributed by atoms with van der Waals surface area (Å²) in [6, 6.07) is 13.7. The fraction of sp³-hybridized carbons (Fsp3) is 0.375. The van der Waals surface area contributed by atoms with Gasteiger partial charge in [0.25, 0.3) is 5.91 Å². The molecule has 2 aromatic carbocycles. The highest BCUT2D eigenvalue weighted by Crippen LogP contribution is 2.38. The van der Waals surface area contributed by atoms with Crippen LogP contribution in [0.4, 0.5) is 5.95 Å². The van der Waals surface area contributed by atoms with Gasteiger partial charge in [0.1, 0.15) is 5.75 Å². The molecule has 5 rings (SSSR count). The van der Waals surface area contributed by atoms with Gasteiger partial charge in [-0.05, 0) is 23.8 Å². The lowest BCUT2D eigenvalue weighted by Crippen LogP contribution is -2.56. The van der Waals surface area contributed by atoms with E-state index in [0.29, 0.717) is 54.6 Å². The SMILES string of the molecule is CCOc1ccc2ccccc2c1C(=O)N1CC2CN(c3nc(OC)cc(OC)n3)C2C1. The Morgan fingerprint density at radius 1 is 1.03 bits per heavy atom. The highest BCUT2D eigenvalue weighted by Gasteiger charge is 2.48. The third kappa shape index (κ3) is 3.36. The molecule has 0 bridgehead atoms. The molecule has 0 saturated carbocycles. The first-order valence-electron chi connectivity index (χ1n) is 10.8. The van der Waals surface area contributed by atoms with Crippen molar-refractivity contribution < 1.29 is 19.0 Å². The molecule has 3 aromatic rings. The number of ether oxygens (including phenoxy) is 3. The van der Waals surface area contributed by atoms with Crippen molar-refractivity contribution in [3.05, 3.63) is 48.0 Å². The summed E-state index contributed by atoms with van der Waals surface area (Å²) in [4.78, 5) is 26.7. The van der Waals surface area contributed by atoms with Crippen LogP contribution in [0.25, 0.3) is 10.8 Å². The molecule has 2 aliphatic rings. The number of rotatable bonds is 6. The Morgan fingerprint density at radius 3 is 2.50 bits per heavy atom. The predicted molar refractivity (Wildman–Crippen MR) is 121 cm³/mol. The van der Waals surface area contributed by atoms with E-state index >= 15 is 0 Å². The maximum Gasteiger partial charge on any atom is 0.258 e. The minimum Gasteiger partial charge on any atom is -0.493 e. The average molecular weight is 434 g/mol. The second kappa shape index (κ2) is 8.18. The Kier molecular flexibility index (Phi) is 5.20. The topological polar surface area (TPSA) is 77.0 Å². The van der Waals surface area contributed by atoms with Crippen molar-refractivity contribution in [1.29, 1.82) is 0 Å². The van der Waals surface area contributed by atoms with Crippen molar-refractivity contribution in [2.24, 2.45) is 5.92 Å². The normalized spacial score (nSPS) is 19.5. The molecule has 1 amide bonds. The lowest BCUT2D eigenvalue weighted by Gasteiger charge is -2.43. The second-order valence-electron chi connectivity index (χ2n) is 8.04. The first-order valence-corrected chi connectivity index (χ1v) is 10.8. The minimum absolute atomic E-state index is 0.00346. The number of methoxy groups -OCH3 is 2. The molecule has 1 aromatic heterocycles. The van der Waals surface area contributed by atoms with Gasteiger partial charge in [0, 0.05) is 25.6 Å². The number of aromatic nitrogens is 2. The van der Waals surface area contributed by atoms with E-state index in [1.54, 1.807) is 20.3 Å². The zero-order valence-electron chi connectivity index (χ0n) is 18.4. The number of anilines is 1. The van der Waals surface area contributed by atoms with Gasteiger partial charge in [0.15, 0.2) is 0 Å². The van der Waals surface area contributed by atoms with Crippen LogP contribution in [0.15, 0.2) is 42.5 Å². The van der Waals surface area contributed by atoms with Crippen LogP contribution >= 0.6 is 0 Å². The Bertz CT molecular complexity index is 1150. The van der Waals surface area contributed by atoms with E-state index in [4.69, 9.17) is 14.2 Å². The zero-order valence-corrected chi connectivity index (χ0v) is 18.4. The van der Waals surface area contributed by atoms with Gasteiger partial charge in [-0.2, -0.15) is 9.97 Å². The molecule has 166 valence electrons. The fourth-order valence-electron chi connectivity index (χ4n) is 4.67. The van der Waals surface area contributed by atoms with Crippen molar-refractivity contribution in [2.75, 3.05) is 45.4 Å². The van der Waals surface area contributed by atoms with Crippen molar-refractivity contribution in [3.63, 3.8) is 0 Å². The van der Waals surface area contributed by atoms with Crippen LogP contribution < -0.4 is 19.1 Å². The van der Waals surface area contributed by atoms with E-state index in [0.717, 1.165) is 17.3 Å². The molecule has 2 aliphatic heterocycles. The van der Waals surface area contributed by atoms with Crippen molar-refractivity contribution in [3.8, 4) is 17.5 Å². The first-order chi connectivity index (χ1) is 15.6. The van der Waals surface area contributed by atoms with E-state index < -0.39 is 0 Å². The maximum absolute atomic E-state index is 13.7. The molecule has 3 heterocycles. The number of nitrogens with zero attached hydrogens (tertiary/aromatic N) is 4. The van der Waals surface area contributed by atoms with Crippen LogP contribution in [0.3, 0.4) is 0 Å². The number of amides is 1. The third-order valence-corrected chi connectivity index (χ3v) is 6.27. The largest absolute Gasteiger partial charge is 0.493 e. The van der Waals surface area contributed by atoms with Gasteiger partial charge >= 0.3 is 0 Å². The number of hydrogen-bond donors (Lipinski definition) is 0. The standard InChI is InChI=1S/C24H26N4O4/c1-4-32-19-10-9-15-7-5-6-8-17(15)22(19)23(29)27-12-16-13-28(18(16)14-27)24-25-20(30-2)11-21(26-24)31-3/h5-11,16,18H,4,12-14H2,1-3H3. The van der Waals surface area contributed by atoms with Crippen molar-refractivity contribution in [2.45, 2.75) is 13.0 Å². The molecular formula is C24H26N4O4. The summed E-state index contributed by atoms with van der Waals surface area (Å²) in [6.45, 7) is 4.54. The number of hydrogen-bond acceptors (Lipinski definition) is 7. The zero-order chi connectivity index (χ0) is 22.2. The average Bonchev–Trinajstić information content (AvgIpc) is 3.14. The van der Waals surface area contributed by atoms with Gasteiger partial charge in [-0.3, -0.25) is 4.79 Å². The molecule has 2 atom stereocenters. The van der Waals surface area contributed by atoms with Gasteiger partial charge < -0.3 is 24.0 Å². The summed E-state index contributed by atoms with van der Waals surface area (Å²) in [5.41, 5.74) is 0.636. The summed E-state index contributed by atoms with van der Waals surface area (Å²) < 4.78 is 16.4. The smallest absolute Gasteiger partial charge is 0.258 e. The molecule has 32 heavy (non-hydrogen) atoms. The van der Waals surface area contributed by atoms with Gasteiger partial charge in [0.05, 0.1) is 38.5 Å². The van der Waals surface area contributed by atoms with Crippen LogP contribution in [0.5, 0.6) is 17.5 Å². The third-order valence-electron chi connectivity index (χ3n) is 6.27. The predicted octanol–water partition coefficient (Wildman–Crippen LogP) is 3.01. The van der Waals surface area contributed by atoms with Gasteiger partial charge in [-0.15, -0.1) is 0 Å². The molecule has 0 spiro atoms. The maximum atomic E-state index is 13.7. The summed E-state index contributed by atoms with van der Waals surface area (Å²) in [5, 5.41) is 1.94. The summed E-state index contributed by atoms with van der Waals surface area (Å²) >= 11 is 0. The molecular weight excluding hydrogens is 408 g/mol. The molecule has 8 nitrogen and oxygen atoms in total. The number of fused-ring (bicyclic) bond motifs is 2. The molecule has 0 N–H and O–H groups in total. The minimum atomic E-state index is 0.00346. The Hall–Kier alpha value is -3.55. The highest BCUT2D eigenvalue weighted by molar-refractivity contribution is 6.09. The van der Waals surface area contributed by atoms with E-state index in [1.807, 2.05) is 48.2 Å². The van der Waals surface area contributed by atoms with Crippen LogP contribution in [0.1, 0.15) is 17.3 Å². The van der Waals surface area contributed by atoms with E-state index in [9.17, 15) is 4.79 Å². The van der Waals surface area contributed by atoms with Crippen LogP contribution in [-0.4, -0.2) is 67.3 Å². The number of carbonyl (C=O) groups is 1. The molecule has 2 unspecified atom stereocenters. The van der Waals surface area contributed by atoms with Crippen LogP contribution in [0.2, 0.25) is 0 Å². The number of benzene rings is 2. The fourth-order valence-corrected chi connectivity index (χ4v) is 4.67. The molecule has 2 fully saturated rings. The molecule has 2 saturated heterocycles. The Morgan fingerprint density at radius 2 is 1.78 bits per heavy atom. The van der Waals surface area contributed by atoms with E-state index in [2.05, 4.69) is 14.9 Å². The molecule has 0 radical (unpaired) electrons. The Balaban J connectivity index is 1.41. The first kappa shape index (κ1) is 20.4. The van der Waals surface area contributed by atoms with Crippen molar-refractivity contribution >= 4 is 22.6 Å². The highest BCUT2D eigenvalue weighted by atomic mass is 16.5. The van der Waals surface area contributed by atoms with E-state index in [1.165, 1.54) is 0 Å². The monoisotopic (exact) mass is 434 g/mol. The molecule has 0 aliphatic carbocycles. The lowest BCUT2D eigenvalue weighted by molar-refractivity contribution is 0.0787. The Labute approximate surface area is 186 Å². The molecule has 8 heteroatoms. The number of carbonyl (C=O) groups excluding carboxylic acids is 1. The summed E-state index contributed by atoms with van der Waals surface area (Å²) in [6.07, 6.45) is 0. The van der Waals surface area contributed by atoms with Crippen molar-refractivity contribution in [1.82, 2.24) is 14.9 Å². The van der Waals surface area contributed by atoms with Gasteiger partial charge in [-0.1, -0.05) is 30.3 Å². The van der Waals surface area contributed by atoms with Gasteiger partial charge in [-0.25, -0.2) is 0 Å². The summed E-state index contributed by atoms with van der Waals surface area (Å²) in [7, 11) is 3.14. The van der Waals surface area contributed by atoms with Gasteiger partial charge in [0.2, 0.25) is 17.7 Å². The van der Waals surface area contributed by atoms with Crippen LogP contribution in [-0.2, 0) is 0 Å². The summed E-state index contributed by atoms with van der Waals surface area (Å²) in [5.74, 6) is 2.50. The quantitative estimate of drug-likeness (QED) is 0.590. The second-order valence-corrected chi connectivity index (χ2v) is 8.04.